The molecule has 0 fully saturated rings. The van der Waals surface area contributed by atoms with Crippen LogP contribution in [0.4, 0.5) is 10.1 Å². The van der Waals surface area contributed by atoms with Crippen molar-refractivity contribution < 1.29 is 9.18 Å². The van der Waals surface area contributed by atoms with Gasteiger partial charge >= 0.3 is 0 Å². The van der Waals surface area contributed by atoms with Crippen LogP contribution in [-0.4, -0.2) is 17.9 Å². The normalized spacial score (nSPS) is 10.3. The third kappa shape index (κ3) is 2.88. The molecule has 19 heavy (non-hydrogen) atoms. The summed E-state index contributed by atoms with van der Waals surface area (Å²) in [6, 6.07) is 8.42. The number of aromatic nitrogens is 1. The highest BCUT2D eigenvalue weighted by Gasteiger charge is 2.14. The number of benzene rings is 1. The average Bonchev–Trinajstić information content (AvgIpc) is 2.37. The van der Waals surface area contributed by atoms with E-state index in [1.165, 1.54) is 35.2 Å². The van der Waals surface area contributed by atoms with Gasteiger partial charge in [0.2, 0.25) is 5.56 Å². The van der Waals surface area contributed by atoms with Crippen LogP contribution in [0, 0.1) is 12.7 Å². The number of hydrogen-bond donors (Lipinski definition) is 1. The SMILES string of the molecule is Cc1cc(C(=O)N(C)c2ccc(F)cc2)cc(=O)[nH]1. The van der Waals surface area contributed by atoms with E-state index in [9.17, 15) is 14.0 Å². The van der Waals surface area contributed by atoms with Gasteiger partial charge in [-0.15, -0.1) is 0 Å². The average molecular weight is 260 g/mol. The maximum Gasteiger partial charge on any atom is 0.258 e. The number of halogens is 1. The predicted octanol–water partition coefficient (Wildman–Crippen LogP) is 2.10. The van der Waals surface area contributed by atoms with Gasteiger partial charge < -0.3 is 9.88 Å². The van der Waals surface area contributed by atoms with Crippen molar-refractivity contribution in [2.75, 3.05) is 11.9 Å². The molecule has 98 valence electrons. The number of pyridine rings is 1. The first-order valence-corrected chi connectivity index (χ1v) is 5.72. The molecule has 0 atom stereocenters. The van der Waals surface area contributed by atoms with E-state index in [0.29, 0.717) is 16.9 Å². The van der Waals surface area contributed by atoms with Gasteiger partial charge in [-0.1, -0.05) is 0 Å². The number of anilines is 1. The van der Waals surface area contributed by atoms with E-state index in [-0.39, 0.29) is 17.3 Å². The molecule has 1 aromatic heterocycles. The minimum Gasteiger partial charge on any atom is -0.326 e. The Labute approximate surface area is 109 Å². The molecule has 1 amide bonds. The second-order valence-corrected chi connectivity index (χ2v) is 4.26. The molecule has 1 N–H and O–H groups in total. The van der Waals surface area contributed by atoms with E-state index in [0.717, 1.165) is 0 Å². The number of amides is 1. The molecule has 4 nitrogen and oxygen atoms in total. The molecule has 0 saturated carbocycles. The van der Waals surface area contributed by atoms with E-state index in [1.807, 2.05) is 0 Å². The number of aryl methyl sites for hydroxylation is 1. The standard InChI is InChI=1S/C14H13FN2O2/c1-9-7-10(8-13(18)16-9)14(19)17(2)12-5-3-11(15)4-6-12/h3-8H,1-2H3,(H,16,18). The third-order valence-electron chi connectivity index (χ3n) is 2.74. The van der Waals surface area contributed by atoms with Crippen molar-refractivity contribution in [2.24, 2.45) is 0 Å². The number of hydrogen-bond acceptors (Lipinski definition) is 2. The van der Waals surface area contributed by atoms with Crippen LogP contribution in [0.15, 0.2) is 41.2 Å². The summed E-state index contributed by atoms with van der Waals surface area (Å²) in [6.07, 6.45) is 0. The number of rotatable bonds is 2. The molecule has 0 saturated heterocycles. The Balaban J connectivity index is 2.33. The first kappa shape index (κ1) is 13.0. The number of nitrogens with one attached hydrogen (secondary N) is 1. The van der Waals surface area contributed by atoms with Crippen molar-refractivity contribution in [3.8, 4) is 0 Å². The first-order valence-electron chi connectivity index (χ1n) is 5.72. The summed E-state index contributed by atoms with van der Waals surface area (Å²) in [5, 5.41) is 0. The van der Waals surface area contributed by atoms with Gasteiger partial charge in [0, 0.05) is 30.1 Å². The molecule has 0 aliphatic rings. The van der Waals surface area contributed by atoms with Gasteiger partial charge in [-0.3, -0.25) is 9.59 Å². The first-order chi connectivity index (χ1) is 8.97. The fourth-order valence-corrected chi connectivity index (χ4v) is 1.78. The quantitative estimate of drug-likeness (QED) is 0.899. The number of nitrogens with zero attached hydrogens (tertiary/aromatic N) is 1. The summed E-state index contributed by atoms with van der Waals surface area (Å²) in [5.41, 5.74) is 1.15. The van der Waals surface area contributed by atoms with Crippen molar-refractivity contribution in [1.29, 1.82) is 0 Å². The fraction of sp³-hybridized carbons (Fsp3) is 0.143. The van der Waals surface area contributed by atoms with Gasteiger partial charge in [-0.2, -0.15) is 0 Å². The summed E-state index contributed by atoms with van der Waals surface area (Å²) >= 11 is 0. The Morgan fingerprint density at radius 3 is 2.42 bits per heavy atom. The lowest BCUT2D eigenvalue weighted by Gasteiger charge is -2.17. The second kappa shape index (κ2) is 5.06. The Hall–Kier alpha value is -2.43. The number of aromatic amines is 1. The van der Waals surface area contributed by atoms with Gasteiger partial charge in [-0.05, 0) is 37.3 Å². The van der Waals surface area contributed by atoms with Crippen molar-refractivity contribution in [2.45, 2.75) is 6.92 Å². The van der Waals surface area contributed by atoms with Crippen molar-refractivity contribution in [1.82, 2.24) is 4.98 Å². The highest BCUT2D eigenvalue weighted by atomic mass is 19.1. The van der Waals surface area contributed by atoms with Crippen molar-refractivity contribution in [3.63, 3.8) is 0 Å². The zero-order valence-electron chi connectivity index (χ0n) is 10.6. The van der Waals surface area contributed by atoms with Crippen molar-refractivity contribution >= 4 is 11.6 Å². The lowest BCUT2D eigenvalue weighted by molar-refractivity contribution is 0.0992. The zero-order chi connectivity index (χ0) is 14.0. The Morgan fingerprint density at radius 2 is 1.84 bits per heavy atom. The van der Waals surface area contributed by atoms with Crippen LogP contribution in [0.1, 0.15) is 16.1 Å². The molecule has 0 spiro atoms. The highest BCUT2D eigenvalue weighted by molar-refractivity contribution is 6.05. The van der Waals surface area contributed by atoms with E-state index < -0.39 is 0 Å². The molecular weight excluding hydrogens is 247 g/mol. The van der Waals surface area contributed by atoms with E-state index >= 15 is 0 Å². The van der Waals surface area contributed by atoms with Crippen LogP contribution in [0.25, 0.3) is 0 Å². The Kier molecular flexibility index (Phi) is 3.46. The monoisotopic (exact) mass is 260 g/mol. The van der Waals surface area contributed by atoms with Gasteiger partial charge in [-0.25, -0.2) is 4.39 Å². The number of carbonyl (C=O) groups is 1. The fourth-order valence-electron chi connectivity index (χ4n) is 1.78. The summed E-state index contributed by atoms with van der Waals surface area (Å²) in [5.74, 6) is -0.683. The second-order valence-electron chi connectivity index (χ2n) is 4.26. The molecule has 5 heteroatoms. The summed E-state index contributed by atoms with van der Waals surface area (Å²) in [6.45, 7) is 1.70. The topological polar surface area (TPSA) is 53.2 Å². The highest BCUT2D eigenvalue weighted by Crippen LogP contribution is 2.15. The van der Waals surface area contributed by atoms with Crippen molar-refractivity contribution in [3.05, 3.63) is 63.8 Å². The molecule has 2 aromatic rings. The van der Waals surface area contributed by atoms with E-state index in [4.69, 9.17) is 0 Å². The zero-order valence-corrected chi connectivity index (χ0v) is 10.6. The molecule has 0 bridgehead atoms. The molecule has 0 radical (unpaired) electrons. The minimum absolute atomic E-state index is 0.299. The third-order valence-corrected chi connectivity index (χ3v) is 2.74. The molecule has 1 aromatic carbocycles. The van der Waals surface area contributed by atoms with Crippen LogP contribution < -0.4 is 10.5 Å². The van der Waals surface area contributed by atoms with E-state index in [1.54, 1.807) is 20.0 Å². The van der Waals surface area contributed by atoms with Gasteiger partial charge in [0.25, 0.3) is 5.91 Å². The van der Waals surface area contributed by atoms with Crippen LogP contribution in [0.3, 0.4) is 0 Å². The molecule has 1 heterocycles. The minimum atomic E-state index is -0.364. The molecule has 0 aliphatic heterocycles. The summed E-state index contributed by atoms with van der Waals surface area (Å²) in [4.78, 5) is 27.5. The Morgan fingerprint density at radius 1 is 1.21 bits per heavy atom. The maximum atomic E-state index is 12.8. The van der Waals surface area contributed by atoms with Crippen LogP contribution in [-0.2, 0) is 0 Å². The molecular formula is C14H13FN2O2. The lowest BCUT2D eigenvalue weighted by Crippen LogP contribution is -2.27. The molecule has 2 rings (SSSR count). The summed E-state index contributed by atoms with van der Waals surface area (Å²) < 4.78 is 12.8. The van der Waals surface area contributed by atoms with Gasteiger partial charge in [0.05, 0.1) is 0 Å². The molecule has 0 unspecified atom stereocenters. The maximum absolute atomic E-state index is 12.8. The lowest BCUT2D eigenvalue weighted by atomic mass is 10.2. The van der Waals surface area contributed by atoms with Crippen LogP contribution >= 0.6 is 0 Å². The van der Waals surface area contributed by atoms with Gasteiger partial charge in [0.1, 0.15) is 5.82 Å². The number of H-pyrrole nitrogens is 1. The number of carbonyl (C=O) groups excluding carboxylic acids is 1. The van der Waals surface area contributed by atoms with Crippen LogP contribution in [0.5, 0.6) is 0 Å². The largest absolute Gasteiger partial charge is 0.326 e. The van der Waals surface area contributed by atoms with Gasteiger partial charge in [0.15, 0.2) is 0 Å². The Bertz CT molecular complexity index is 662. The molecule has 0 aliphatic carbocycles. The van der Waals surface area contributed by atoms with Crippen LogP contribution in [0.2, 0.25) is 0 Å². The van der Waals surface area contributed by atoms with E-state index in [2.05, 4.69) is 4.98 Å². The smallest absolute Gasteiger partial charge is 0.258 e. The predicted molar refractivity (Wildman–Crippen MR) is 70.9 cm³/mol. The summed E-state index contributed by atoms with van der Waals surface area (Å²) in [7, 11) is 1.58.